The number of hydrogen-bond donors (Lipinski definition) is 0. The molecule has 3 heteroatoms. The lowest BCUT2D eigenvalue weighted by molar-refractivity contribution is 0.0509. The molecule has 0 fully saturated rings. The highest BCUT2D eigenvalue weighted by Gasteiger charge is 2.02. The Kier molecular flexibility index (Phi) is 5.43. The van der Waals surface area contributed by atoms with Crippen molar-refractivity contribution in [1.82, 2.24) is 0 Å². The van der Waals surface area contributed by atoms with E-state index in [0.717, 1.165) is 23.5 Å². The Morgan fingerprint density at radius 2 is 2.06 bits per heavy atom. The van der Waals surface area contributed by atoms with Gasteiger partial charge >= 0.3 is 0 Å². The first-order chi connectivity index (χ1) is 7.81. The van der Waals surface area contributed by atoms with Crippen molar-refractivity contribution in [2.24, 2.45) is 0 Å². The number of rotatable bonds is 6. The van der Waals surface area contributed by atoms with Crippen molar-refractivity contribution in [2.45, 2.75) is 13.3 Å². The number of methoxy groups -OCH3 is 2. The monoisotopic (exact) mass is 222 g/mol. The minimum absolute atomic E-state index is 0.249. The summed E-state index contributed by atoms with van der Waals surface area (Å²) in [5.74, 6) is 1.62. The molecule has 0 radical (unpaired) electrons. The van der Waals surface area contributed by atoms with Gasteiger partial charge in [0.25, 0.3) is 0 Å². The zero-order valence-corrected chi connectivity index (χ0v) is 10.0. The van der Waals surface area contributed by atoms with E-state index in [0.29, 0.717) is 0 Å². The third-order valence-electron chi connectivity index (χ3n) is 2.08. The summed E-state index contributed by atoms with van der Waals surface area (Å²) in [6.07, 6.45) is 5.09. The maximum atomic E-state index is 5.45. The summed E-state index contributed by atoms with van der Waals surface area (Å²) in [6, 6.07) is 5.69. The Morgan fingerprint density at radius 1 is 1.25 bits per heavy atom. The molecule has 88 valence electrons. The van der Waals surface area contributed by atoms with Crippen molar-refractivity contribution in [3.63, 3.8) is 0 Å². The zero-order valence-electron chi connectivity index (χ0n) is 10.0. The summed E-state index contributed by atoms with van der Waals surface area (Å²) in [4.78, 5) is 0. The summed E-state index contributed by atoms with van der Waals surface area (Å²) in [6.45, 7) is 2.34. The lowest BCUT2D eigenvalue weighted by atomic mass is 10.1. The van der Waals surface area contributed by atoms with Crippen LogP contribution in [0.5, 0.6) is 11.5 Å². The van der Waals surface area contributed by atoms with Crippen LogP contribution in [-0.2, 0) is 4.74 Å². The van der Waals surface area contributed by atoms with Crippen LogP contribution in [0, 0.1) is 0 Å². The Bertz CT molecular complexity index is 345. The predicted octanol–water partition coefficient (Wildman–Crippen LogP) is 3.10. The molecule has 0 aromatic heterocycles. The molecule has 1 aromatic rings. The summed E-state index contributed by atoms with van der Waals surface area (Å²) in [5, 5.41) is 0. The van der Waals surface area contributed by atoms with E-state index >= 15 is 0 Å². The molecule has 16 heavy (non-hydrogen) atoms. The fourth-order valence-corrected chi connectivity index (χ4v) is 1.28. The summed E-state index contributed by atoms with van der Waals surface area (Å²) in [5.41, 5.74) is 0.998. The van der Waals surface area contributed by atoms with E-state index in [-0.39, 0.29) is 6.79 Å². The van der Waals surface area contributed by atoms with Crippen LogP contribution in [0.3, 0.4) is 0 Å². The van der Waals surface area contributed by atoms with E-state index in [9.17, 15) is 0 Å². The van der Waals surface area contributed by atoms with E-state index in [2.05, 4.69) is 13.0 Å². The molecule has 0 amide bonds. The summed E-state index contributed by atoms with van der Waals surface area (Å²) >= 11 is 0. The van der Waals surface area contributed by atoms with E-state index in [4.69, 9.17) is 14.2 Å². The number of hydrogen-bond acceptors (Lipinski definition) is 3. The van der Waals surface area contributed by atoms with Gasteiger partial charge in [0.2, 0.25) is 0 Å². The fourth-order valence-electron chi connectivity index (χ4n) is 1.28. The number of benzene rings is 1. The Hall–Kier alpha value is -1.48. The van der Waals surface area contributed by atoms with Crippen molar-refractivity contribution in [3.05, 3.63) is 29.8 Å². The average Bonchev–Trinajstić information content (AvgIpc) is 2.34. The number of allylic oxidation sites excluding steroid dienone is 1. The highest BCUT2D eigenvalue weighted by Crippen LogP contribution is 2.25. The second kappa shape index (κ2) is 6.90. The Balaban J connectivity index is 2.91. The maximum Gasteiger partial charge on any atom is 0.188 e. The normalized spacial score (nSPS) is 10.7. The van der Waals surface area contributed by atoms with Gasteiger partial charge in [-0.1, -0.05) is 19.1 Å². The highest BCUT2D eigenvalue weighted by molar-refractivity contribution is 5.59. The van der Waals surface area contributed by atoms with Crippen molar-refractivity contribution in [3.8, 4) is 11.5 Å². The number of ether oxygens (including phenoxy) is 3. The SMILES string of the molecule is CCC=Cc1cc(OC)ccc1OCOC. The van der Waals surface area contributed by atoms with Crippen LogP contribution < -0.4 is 9.47 Å². The minimum atomic E-state index is 0.249. The van der Waals surface area contributed by atoms with Gasteiger partial charge < -0.3 is 14.2 Å². The first-order valence-electron chi connectivity index (χ1n) is 5.28. The molecule has 0 heterocycles. The van der Waals surface area contributed by atoms with Crippen LogP contribution in [0.1, 0.15) is 18.9 Å². The first kappa shape index (κ1) is 12.6. The van der Waals surface area contributed by atoms with Gasteiger partial charge in [-0.3, -0.25) is 0 Å². The van der Waals surface area contributed by atoms with Crippen molar-refractivity contribution in [1.29, 1.82) is 0 Å². The van der Waals surface area contributed by atoms with E-state index in [1.54, 1.807) is 14.2 Å². The van der Waals surface area contributed by atoms with Gasteiger partial charge in [0, 0.05) is 12.7 Å². The van der Waals surface area contributed by atoms with Gasteiger partial charge in [-0.15, -0.1) is 0 Å². The Morgan fingerprint density at radius 3 is 2.69 bits per heavy atom. The first-order valence-corrected chi connectivity index (χ1v) is 5.28. The van der Waals surface area contributed by atoms with Gasteiger partial charge in [0.1, 0.15) is 11.5 Å². The third-order valence-corrected chi connectivity index (χ3v) is 2.08. The second-order valence-electron chi connectivity index (χ2n) is 3.27. The minimum Gasteiger partial charge on any atom is -0.497 e. The predicted molar refractivity (Wildman–Crippen MR) is 64.8 cm³/mol. The molecular formula is C13H18O3. The summed E-state index contributed by atoms with van der Waals surface area (Å²) < 4.78 is 15.5. The largest absolute Gasteiger partial charge is 0.497 e. The fraction of sp³-hybridized carbons (Fsp3) is 0.385. The van der Waals surface area contributed by atoms with Crippen molar-refractivity contribution < 1.29 is 14.2 Å². The highest BCUT2D eigenvalue weighted by atomic mass is 16.7. The molecule has 0 spiro atoms. The molecule has 1 rings (SSSR count). The van der Waals surface area contributed by atoms with Gasteiger partial charge in [0.15, 0.2) is 6.79 Å². The van der Waals surface area contributed by atoms with Crippen LogP contribution >= 0.6 is 0 Å². The van der Waals surface area contributed by atoms with Gasteiger partial charge in [0.05, 0.1) is 7.11 Å². The topological polar surface area (TPSA) is 27.7 Å². The molecular weight excluding hydrogens is 204 g/mol. The van der Waals surface area contributed by atoms with Crippen LogP contribution in [-0.4, -0.2) is 21.0 Å². The van der Waals surface area contributed by atoms with E-state index < -0.39 is 0 Å². The van der Waals surface area contributed by atoms with Crippen LogP contribution in [0.4, 0.5) is 0 Å². The molecule has 0 aliphatic rings. The Labute approximate surface area is 96.6 Å². The molecule has 0 saturated carbocycles. The van der Waals surface area contributed by atoms with E-state index in [1.165, 1.54) is 0 Å². The molecule has 0 aliphatic carbocycles. The molecule has 0 N–H and O–H groups in total. The molecule has 0 aliphatic heterocycles. The van der Waals surface area contributed by atoms with Crippen LogP contribution in [0.25, 0.3) is 6.08 Å². The lowest BCUT2D eigenvalue weighted by Gasteiger charge is -2.09. The van der Waals surface area contributed by atoms with Crippen molar-refractivity contribution in [2.75, 3.05) is 21.0 Å². The quantitative estimate of drug-likeness (QED) is 0.692. The summed E-state index contributed by atoms with van der Waals surface area (Å²) in [7, 11) is 3.25. The average molecular weight is 222 g/mol. The third kappa shape index (κ3) is 3.59. The van der Waals surface area contributed by atoms with Gasteiger partial charge in [-0.25, -0.2) is 0 Å². The molecule has 1 aromatic carbocycles. The van der Waals surface area contributed by atoms with Gasteiger partial charge in [-0.05, 0) is 24.6 Å². The van der Waals surface area contributed by atoms with Crippen LogP contribution in [0.2, 0.25) is 0 Å². The lowest BCUT2D eigenvalue weighted by Crippen LogP contribution is -2.00. The molecule has 0 atom stereocenters. The standard InChI is InChI=1S/C13H18O3/c1-4-5-6-11-9-12(15-3)7-8-13(11)16-10-14-2/h5-9H,4,10H2,1-3H3. The molecule has 0 unspecified atom stereocenters. The van der Waals surface area contributed by atoms with Crippen LogP contribution in [0.15, 0.2) is 24.3 Å². The van der Waals surface area contributed by atoms with E-state index in [1.807, 2.05) is 24.3 Å². The molecule has 0 bridgehead atoms. The second-order valence-corrected chi connectivity index (χ2v) is 3.27. The maximum absolute atomic E-state index is 5.45. The molecule has 0 saturated heterocycles. The van der Waals surface area contributed by atoms with Gasteiger partial charge in [-0.2, -0.15) is 0 Å². The smallest absolute Gasteiger partial charge is 0.188 e. The zero-order chi connectivity index (χ0) is 11.8. The molecule has 3 nitrogen and oxygen atoms in total. The van der Waals surface area contributed by atoms with Crippen molar-refractivity contribution >= 4 is 6.08 Å².